The summed E-state index contributed by atoms with van der Waals surface area (Å²) in [5, 5.41) is 11.5. The Balaban J connectivity index is 2.32. The summed E-state index contributed by atoms with van der Waals surface area (Å²) in [4.78, 5) is 11.9. The van der Waals surface area contributed by atoms with Gasteiger partial charge in [-0.2, -0.15) is 0 Å². The maximum atomic E-state index is 13.5. The molecule has 6 heteroatoms. The van der Waals surface area contributed by atoms with Gasteiger partial charge in [0.25, 0.3) is 5.91 Å². The van der Waals surface area contributed by atoms with E-state index < -0.39 is 28.9 Å². The lowest BCUT2D eigenvalue weighted by molar-refractivity contribution is 0.102. The summed E-state index contributed by atoms with van der Waals surface area (Å²) in [7, 11) is 0. The molecule has 110 valence electrons. The van der Waals surface area contributed by atoms with Crippen molar-refractivity contribution >= 4 is 11.6 Å². The number of rotatable bonds is 3. The van der Waals surface area contributed by atoms with Crippen LogP contribution in [0.2, 0.25) is 0 Å². The number of aryl methyl sites for hydroxylation is 1. The second-order valence-electron chi connectivity index (χ2n) is 4.48. The third-order valence-electron chi connectivity index (χ3n) is 3.01. The monoisotopic (exact) mass is 295 g/mol. The van der Waals surface area contributed by atoms with Gasteiger partial charge in [-0.25, -0.2) is 13.2 Å². The molecule has 2 N–H and O–H groups in total. The summed E-state index contributed by atoms with van der Waals surface area (Å²) in [5.41, 5.74) is 1.00. The lowest BCUT2D eigenvalue weighted by Gasteiger charge is -2.10. The Morgan fingerprint density at radius 1 is 1.14 bits per heavy atom. The molecule has 0 aliphatic rings. The van der Waals surface area contributed by atoms with Gasteiger partial charge in [0.2, 0.25) is 0 Å². The van der Waals surface area contributed by atoms with Gasteiger partial charge < -0.3 is 10.4 Å². The molecule has 0 fully saturated rings. The van der Waals surface area contributed by atoms with Gasteiger partial charge in [-0.05, 0) is 36.2 Å². The van der Waals surface area contributed by atoms with Crippen molar-refractivity contribution in [2.24, 2.45) is 0 Å². The first-order valence-corrected chi connectivity index (χ1v) is 6.09. The van der Waals surface area contributed by atoms with Crippen molar-refractivity contribution in [2.45, 2.75) is 13.5 Å². The molecular formula is C15H12F3NO2. The van der Waals surface area contributed by atoms with E-state index in [9.17, 15) is 18.0 Å². The van der Waals surface area contributed by atoms with Crippen LogP contribution in [0, 0.1) is 24.4 Å². The van der Waals surface area contributed by atoms with Crippen LogP contribution < -0.4 is 5.32 Å². The number of carbonyl (C=O) groups is 1. The normalized spacial score (nSPS) is 10.5. The van der Waals surface area contributed by atoms with Crippen LogP contribution >= 0.6 is 0 Å². The van der Waals surface area contributed by atoms with Crippen molar-refractivity contribution in [2.75, 3.05) is 5.32 Å². The van der Waals surface area contributed by atoms with E-state index in [1.807, 2.05) is 0 Å². The Kier molecular flexibility index (Phi) is 4.28. The Labute approximate surface area is 119 Å². The van der Waals surface area contributed by atoms with Gasteiger partial charge in [-0.15, -0.1) is 0 Å². The van der Waals surface area contributed by atoms with Crippen LogP contribution in [-0.4, -0.2) is 11.0 Å². The van der Waals surface area contributed by atoms with Crippen LogP contribution in [0.1, 0.15) is 21.5 Å². The predicted molar refractivity (Wildman–Crippen MR) is 71.4 cm³/mol. The minimum absolute atomic E-state index is 0.220. The van der Waals surface area contributed by atoms with E-state index in [1.165, 1.54) is 6.07 Å². The molecule has 0 aliphatic carbocycles. The summed E-state index contributed by atoms with van der Waals surface area (Å²) in [6, 6.07) is 6.41. The smallest absolute Gasteiger partial charge is 0.258 e. The fraction of sp³-hybridized carbons (Fsp3) is 0.133. The van der Waals surface area contributed by atoms with Crippen LogP contribution in [0.25, 0.3) is 0 Å². The van der Waals surface area contributed by atoms with Crippen molar-refractivity contribution in [3.8, 4) is 0 Å². The first kappa shape index (κ1) is 15.1. The molecule has 0 spiro atoms. The Bertz CT molecular complexity index is 702. The van der Waals surface area contributed by atoms with Crippen LogP contribution in [0.15, 0.2) is 30.3 Å². The van der Waals surface area contributed by atoms with Gasteiger partial charge in [-0.3, -0.25) is 4.79 Å². The molecular weight excluding hydrogens is 283 g/mol. The molecule has 0 saturated carbocycles. The molecule has 0 bridgehead atoms. The zero-order chi connectivity index (χ0) is 15.6. The second kappa shape index (κ2) is 5.97. The summed E-state index contributed by atoms with van der Waals surface area (Å²) in [6.07, 6.45) is 0. The van der Waals surface area contributed by atoms with Crippen LogP contribution in [0.3, 0.4) is 0 Å². The number of anilines is 1. The van der Waals surface area contributed by atoms with E-state index in [-0.39, 0.29) is 6.61 Å². The molecule has 3 nitrogen and oxygen atoms in total. The van der Waals surface area contributed by atoms with Gasteiger partial charge in [0.05, 0.1) is 12.2 Å². The number of nitrogens with one attached hydrogen (secondary N) is 1. The van der Waals surface area contributed by atoms with E-state index in [2.05, 4.69) is 5.32 Å². The highest BCUT2D eigenvalue weighted by atomic mass is 19.2. The fourth-order valence-electron chi connectivity index (χ4n) is 1.79. The molecule has 0 heterocycles. The van der Waals surface area contributed by atoms with E-state index in [0.717, 1.165) is 6.07 Å². The molecule has 0 aliphatic heterocycles. The minimum atomic E-state index is -1.69. The van der Waals surface area contributed by atoms with E-state index in [1.54, 1.807) is 19.1 Å². The minimum Gasteiger partial charge on any atom is -0.392 e. The largest absolute Gasteiger partial charge is 0.392 e. The van der Waals surface area contributed by atoms with E-state index >= 15 is 0 Å². The number of aliphatic hydroxyl groups excluding tert-OH is 1. The number of halogens is 3. The lowest BCUT2D eigenvalue weighted by atomic mass is 10.1. The third kappa shape index (κ3) is 3.05. The zero-order valence-electron chi connectivity index (χ0n) is 11.1. The Morgan fingerprint density at radius 2 is 1.86 bits per heavy atom. The lowest BCUT2D eigenvalue weighted by Crippen LogP contribution is -2.16. The fourth-order valence-corrected chi connectivity index (χ4v) is 1.79. The molecule has 0 atom stereocenters. The molecule has 2 aromatic carbocycles. The van der Waals surface area contributed by atoms with Crippen LogP contribution in [0.4, 0.5) is 18.9 Å². The number of carbonyl (C=O) groups excluding carboxylic acids is 1. The highest BCUT2D eigenvalue weighted by Gasteiger charge is 2.19. The summed E-state index contributed by atoms with van der Waals surface area (Å²) < 4.78 is 39.5. The van der Waals surface area contributed by atoms with Gasteiger partial charge in [0, 0.05) is 5.69 Å². The van der Waals surface area contributed by atoms with E-state index in [0.29, 0.717) is 22.9 Å². The summed E-state index contributed by atoms with van der Waals surface area (Å²) in [6.45, 7) is 1.49. The van der Waals surface area contributed by atoms with Crippen molar-refractivity contribution in [1.82, 2.24) is 0 Å². The van der Waals surface area contributed by atoms with Crippen LogP contribution in [-0.2, 0) is 6.61 Å². The second-order valence-corrected chi connectivity index (χ2v) is 4.48. The number of amides is 1. The number of aliphatic hydroxyl groups is 1. The average Bonchev–Trinajstić information content (AvgIpc) is 2.47. The number of hydrogen-bond acceptors (Lipinski definition) is 2. The maximum absolute atomic E-state index is 13.5. The van der Waals surface area contributed by atoms with E-state index in [4.69, 9.17) is 5.11 Å². The van der Waals surface area contributed by atoms with Gasteiger partial charge in [0.1, 0.15) is 0 Å². The Hall–Kier alpha value is -2.34. The molecule has 2 aromatic rings. The first-order chi connectivity index (χ1) is 9.93. The van der Waals surface area contributed by atoms with Crippen LogP contribution in [0.5, 0.6) is 0 Å². The maximum Gasteiger partial charge on any atom is 0.258 e. The zero-order valence-corrected chi connectivity index (χ0v) is 11.1. The molecule has 0 saturated heterocycles. The highest BCUT2D eigenvalue weighted by molar-refractivity contribution is 6.04. The number of hydrogen-bond donors (Lipinski definition) is 2. The van der Waals surface area contributed by atoms with Gasteiger partial charge in [0.15, 0.2) is 17.5 Å². The van der Waals surface area contributed by atoms with Crippen molar-refractivity contribution < 1.29 is 23.1 Å². The SMILES string of the molecule is Cc1ccc(CO)cc1NC(=O)c1ccc(F)c(F)c1F. The summed E-state index contributed by atoms with van der Waals surface area (Å²) >= 11 is 0. The molecule has 0 radical (unpaired) electrons. The first-order valence-electron chi connectivity index (χ1n) is 6.09. The quantitative estimate of drug-likeness (QED) is 0.855. The molecule has 0 aromatic heterocycles. The van der Waals surface area contributed by atoms with Gasteiger partial charge >= 0.3 is 0 Å². The highest BCUT2D eigenvalue weighted by Crippen LogP contribution is 2.20. The van der Waals surface area contributed by atoms with Crippen molar-refractivity contribution in [3.05, 3.63) is 64.5 Å². The Morgan fingerprint density at radius 3 is 2.52 bits per heavy atom. The molecule has 21 heavy (non-hydrogen) atoms. The topological polar surface area (TPSA) is 49.3 Å². The number of benzene rings is 2. The standard InChI is InChI=1S/C15H12F3NO2/c1-8-2-3-9(7-20)6-12(8)19-15(21)10-4-5-11(16)14(18)13(10)17/h2-6,20H,7H2,1H3,(H,19,21). The molecule has 2 rings (SSSR count). The van der Waals surface area contributed by atoms with Crippen molar-refractivity contribution in [1.29, 1.82) is 0 Å². The molecule has 0 unspecified atom stereocenters. The summed E-state index contributed by atoms with van der Waals surface area (Å²) in [5.74, 6) is -5.49. The van der Waals surface area contributed by atoms with Crippen molar-refractivity contribution in [3.63, 3.8) is 0 Å². The predicted octanol–water partition coefficient (Wildman–Crippen LogP) is 3.16. The average molecular weight is 295 g/mol. The third-order valence-corrected chi connectivity index (χ3v) is 3.01. The molecule has 1 amide bonds. The van der Waals surface area contributed by atoms with Gasteiger partial charge in [-0.1, -0.05) is 12.1 Å².